The van der Waals surface area contributed by atoms with E-state index in [1.807, 2.05) is 41.5 Å². The van der Waals surface area contributed by atoms with E-state index in [0.717, 1.165) is 29.6 Å². The van der Waals surface area contributed by atoms with Gasteiger partial charge in [0.05, 0.1) is 10.7 Å². The molecule has 0 fully saturated rings. The fourth-order valence-corrected chi connectivity index (χ4v) is 2.81. The predicted octanol–water partition coefficient (Wildman–Crippen LogP) is 2.81. The molecule has 148 valence electrons. The third-order valence-electron chi connectivity index (χ3n) is 3.36. The van der Waals surface area contributed by atoms with Gasteiger partial charge in [0.25, 0.3) is 0 Å². The van der Waals surface area contributed by atoms with Crippen molar-refractivity contribution >= 4 is 23.4 Å². The van der Waals surface area contributed by atoms with Crippen molar-refractivity contribution in [2.45, 2.75) is 53.6 Å². The molecule has 2 N–H and O–H groups in total. The van der Waals surface area contributed by atoms with Gasteiger partial charge in [-0.1, -0.05) is 0 Å². The number of hydrogen-bond acceptors (Lipinski definition) is 5. The average molecular weight is 384 g/mol. The molecule has 1 heterocycles. The van der Waals surface area contributed by atoms with E-state index in [9.17, 15) is 4.79 Å². The number of thiazole rings is 1. The highest BCUT2D eigenvalue weighted by Gasteiger charge is 2.20. The van der Waals surface area contributed by atoms with Crippen molar-refractivity contribution in [2.24, 2.45) is 4.99 Å². The van der Waals surface area contributed by atoms with E-state index in [1.54, 1.807) is 16.2 Å². The molecule has 0 saturated heterocycles. The largest absolute Gasteiger partial charge is 0.444 e. The number of aliphatic imine (C=N–C) groups is 1. The Labute approximate surface area is 161 Å². The number of aromatic nitrogens is 1. The third kappa shape index (κ3) is 9.03. The molecule has 0 aliphatic heterocycles. The van der Waals surface area contributed by atoms with Crippen LogP contribution in [0.5, 0.6) is 0 Å². The van der Waals surface area contributed by atoms with Gasteiger partial charge in [-0.3, -0.25) is 4.99 Å². The van der Waals surface area contributed by atoms with Crippen LogP contribution in [0.1, 0.15) is 45.3 Å². The number of ether oxygens (including phenoxy) is 1. The molecule has 1 amide bonds. The predicted molar refractivity (Wildman–Crippen MR) is 108 cm³/mol. The lowest BCUT2D eigenvalue weighted by atomic mass is 10.2. The highest BCUT2D eigenvalue weighted by atomic mass is 32.1. The smallest absolute Gasteiger partial charge is 0.410 e. The SMILES string of the molecule is CCNC(=NCCc1csc(C)n1)NCCN(CC)C(=O)OC(C)(C)C. The van der Waals surface area contributed by atoms with Crippen LogP contribution >= 0.6 is 11.3 Å². The van der Waals surface area contributed by atoms with Gasteiger partial charge in [-0.2, -0.15) is 0 Å². The van der Waals surface area contributed by atoms with Gasteiger partial charge in [0.15, 0.2) is 5.96 Å². The van der Waals surface area contributed by atoms with Crippen LogP contribution in [0.3, 0.4) is 0 Å². The molecule has 0 aromatic carbocycles. The molecule has 26 heavy (non-hydrogen) atoms. The number of rotatable bonds is 8. The summed E-state index contributed by atoms with van der Waals surface area (Å²) < 4.78 is 5.42. The first-order valence-corrected chi connectivity index (χ1v) is 10.0. The molecular weight excluding hydrogens is 350 g/mol. The van der Waals surface area contributed by atoms with Crippen LogP contribution in [-0.2, 0) is 11.2 Å². The molecule has 0 spiro atoms. The summed E-state index contributed by atoms with van der Waals surface area (Å²) in [5.74, 6) is 0.750. The Hall–Kier alpha value is -1.83. The van der Waals surface area contributed by atoms with Crippen LogP contribution < -0.4 is 10.6 Å². The van der Waals surface area contributed by atoms with Gasteiger partial charge in [-0.15, -0.1) is 11.3 Å². The van der Waals surface area contributed by atoms with E-state index >= 15 is 0 Å². The zero-order chi connectivity index (χ0) is 19.6. The van der Waals surface area contributed by atoms with Crippen molar-refractivity contribution < 1.29 is 9.53 Å². The number of nitrogens with zero attached hydrogens (tertiary/aromatic N) is 3. The van der Waals surface area contributed by atoms with Gasteiger partial charge in [0, 0.05) is 44.5 Å². The Morgan fingerprint density at radius 3 is 2.62 bits per heavy atom. The Morgan fingerprint density at radius 2 is 2.08 bits per heavy atom. The van der Waals surface area contributed by atoms with Gasteiger partial charge >= 0.3 is 6.09 Å². The first-order chi connectivity index (χ1) is 12.2. The maximum atomic E-state index is 12.1. The molecule has 0 atom stereocenters. The van der Waals surface area contributed by atoms with Gasteiger partial charge in [0.2, 0.25) is 0 Å². The fourth-order valence-electron chi connectivity index (χ4n) is 2.16. The molecule has 0 aliphatic rings. The van der Waals surface area contributed by atoms with Crippen molar-refractivity contribution in [2.75, 3.05) is 32.7 Å². The summed E-state index contributed by atoms with van der Waals surface area (Å²) in [6.07, 6.45) is 0.530. The van der Waals surface area contributed by atoms with Crippen molar-refractivity contribution in [1.29, 1.82) is 0 Å². The van der Waals surface area contributed by atoms with Crippen LogP contribution in [0.25, 0.3) is 0 Å². The molecule has 0 bridgehead atoms. The third-order valence-corrected chi connectivity index (χ3v) is 4.18. The van der Waals surface area contributed by atoms with Crippen LogP contribution in [0, 0.1) is 6.92 Å². The van der Waals surface area contributed by atoms with E-state index in [0.29, 0.717) is 26.2 Å². The Kier molecular flexibility index (Phi) is 9.40. The molecule has 0 unspecified atom stereocenters. The van der Waals surface area contributed by atoms with E-state index < -0.39 is 5.60 Å². The molecule has 1 aromatic heterocycles. The van der Waals surface area contributed by atoms with Gasteiger partial charge in [-0.25, -0.2) is 9.78 Å². The first kappa shape index (κ1) is 22.2. The fraction of sp³-hybridized carbons (Fsp3) is 0.722. The van der Waals surface area contributed by atoms with Crippen LogP contribution in [-0.4, -0.2) is 60.3 Å². The Bertz CT molecular complexity index is 580. The number of carbonyl (C=O) groups excluding carboxylic acids is 1. The van der Waals surface area contributed by atoms with Crippen molar-refractivity contribution in [3.05, 3.63) is 16.1 Å². The number of aryl methyl sites for hydroxylation is 1. The molecule has 0 saturated carbocycles. The van der Waals surface area contributed by atoms with Crippen molar-refractivity contribution in [3.63, 3.8) is 0 Å². The molecule has 0 radical (unpaired) electrons. The minimum atomic E-state index is -0.484. The average Bonchev–Trinajstić information content (AvgIpc) is 2.95. The second-order valence-electron chi connectivity index (χ2n) is 6.86. The number of hydrogen-bond donors (Lipinski definition) is 2. The molecule has 1 aromatic rings. The van der Waals surface area contributed by atoms with Gasteiger partial charge in [-0.05, 0) is 41.5 Å². The van der Waals surface area contributed by atoms with Crippen LogP contribution in [0.15, 0.2) is 10.4 Å². The monoisotopic (exact) mass is 383 g/mol. The first-order valence-electron chi connectivity index (χ1n) is 9.16. The summed E-state index contributed by atoms with van der Waals surface area (Å²) >= 11 is 1.66. The Morgan fingerprint density at radius 1 is 1.35 bits per heavy atom. The molecule has 8 heteroatoms. The number of amides is 1. The standard InChI is InChI=1S/C18H33N5O2S/c1-7-19-16(20-10-9-15-13-26-14(3)22-15)21-11-12-23(8-2)17(24)25-18(4,5)6/h13H,7-12H2,1-6H3,(H2,19,20,21). The number of guanidine groups is 1. The summed E-state index contributed by atoms with van der Waals surface area (Å²) in [6, 6.07) is 0. The van der Waals surface area contributed by atoms with Crippen LogP contribution in [0.4, 0.5) is 4.79 Å². The van der Waals surface area contributed by atoms with Crippen molar-refractivity contribution in [3.8, 4) is 0 Å². The normalized spacial score (nSPS) is 12.0. The zero-order valence-electron chi connectivity index (χ0n) is 16.9. The summed E-state index contributed by atoms with van der Waals surface area (Å²) in [4.78, 5) is 22.8. The van der Waals surface area contributed by atoms with E-state index in [1.165, 1.54) is 0 Å². The molecule has 0 aliphatic carbocycles. The summed E-state index contributed by atoms with van der Waals surface area (Å²) in [5, 5.41) is 9.64. The highest BCUT2D eigenvalue weighted by Crippen LogP contribution is 2.10. The molecular formula is C18H33N5O2S. The number of nitrogens with one attached hydrogen (secondary N) is 2. The van der Waals surface area contributed by atoms with Gasteiger partial charge < -0.3 is 20.3 Å². The topological polar surface area (TPSA) is 78.9 Å². The quantitative estimate of drug-likeness (QED) is 0.533. The second-order valence-corrected chi connectivity index (χ2v) is 7.92. The summed E-state index contributed by atoms with van der Waals surface area (Å²) in [6.45, 7) is 14.8. The minimum Gasteiger partial charge on any atom is -0.444 e. The van der Waals surface area contributed by atoms with Crippen LogP contribution in [0.2, 0.25) is 0 Å². The minimum absolute atomic E-state index is 0.289. The highest BCUT2D eigenvalue weighted by molar-refractivity contribution is 7.09. The maximum absolute atomic E-state index is 12.1. The Balaban J connectivity index is 2.45. The van der Waals surface area contributed by atoms with Crippen molar-refractivity contribution in [1.82, 2.24) is 20.5 Å². The number of likely N-dealkylation sites (N-methyl/N-ethyl adjacent to an activating group) is 1. The number of carbonyl (C=O) groups is 1. The van der Waals surface area contributed by atoms with E-state index in [4.69, 9.17) is 4.74 Å². The van der Waals surface area contributed by atoms with E-state index in [2.05, 4.69) is 26.0 Å². The summed E-state index contributed by atoms with van der Waals surface area (Å²) in [5.41, 5.74) is 0.594. The lowest BCUT2D eigenvalue weighted by molar-refractivity contribution is 0.0264. The van der Waals surface area contributed by atoms with Gasteiger partial charge in [0.1, 0.15) is 5.60 Å². The second kappa shape index (κ2) is 11.0. The summed E-state index contributed by atoms with van der Waals surface area (Å²) in [7, 11) is 0. The molecule has 7 nitrogen and oxygen atoms in total. The molecule has 1 rings (SSSR count). The maximum Gasteiger partial charge on any atom is 0.410 e. The zero-order valence-corrected chi connectivity index (χ0v) is 17.7. The lowest BCUT2D eigenvalue weighted by Gasteiger charge is -2.26. The lowest BCUT2D eigenvalue weighted by Crippen LogP contribution is -2.44. The van der Waals surface area contributed by atoms with E-state index in [-0.39, 0.29) is 6.09 Å².